The van der Waals surface area contributed by atoms with Gasteiger partial charge in [-0.1, -0.05) is 13.0 Å². The molecule has 1 amide bonds. The van der Waals surface area contributed by atoms with Crippen molar-refractivity contribution in [3.8, 4) is 0 Å². The fourth-order valence-electron chi connectivity index (χ4n) is 0.868. The Morgan fingerprint density at radius 1 is 1.60 bits per heavy atom. The van der Waals surface area contributed by atoms with Crippen LogP contribution < -0.4 is 11.1 Å². The molecule has 0 rings (SSSR count). The van der Waals surface area contributed by atoms with Crippen molar-refractivity contribution < 1.29 is 9.53 Å². The molecule has 0 heterocycles. The molecule has 0 aliphatic carbocycles. The molecule has 4 nitrogen and oxygen atoms in total. The summed E-state index contributed by atoms with van der Waals surface area (Å²) in [6, 6.07) is 0. The van der Waals surface area contributed by atoms with Crippen LogP contribution in [0.25, 0.3) is 0 Å². The van der Waals surface area contributed by atoms with Gasteiger partial charge in [-0.3, -0.25) is 4.79 Å². The van der Waals surface area contributed by atoms with Crippen molar-refractivity contribution in [3.05, 3.63) is 12.7 Å². The highest BCUT2D eigenvalue weighted by atomic mass is 16.5. The summed E-state index contributed by atoms with van der Waals surface area (Å²) >= 11 is 0. The third kappa shape index (κ3) is 6.25. The van der Waals surface area contributed by atoms with E-state index in [1.165, 1.54) is 0 Å². The van der Waals surface area contributed by atoms with Gasteiger partial charge in [0.1, 0.15) is 0 Å². The number of nitrogens with two attached hydrogens (primary N) is 1. The summed E-state index contributed by atoms with van der Waals surface area (Å²) in [6.07, 6.45) is 3.25. The zero-order valence-electron chi connectivity index (χ0n) is 9.71. The highest BCUT2D eigenvalue weighted by Crippen LogP contribution is 2.03. The molecule has 0 aromatic heterocycles. The van der Waals surface area contributed by atoms with E-state index in [2.05, 4.69) is 11.9 Å². The van der Waals surface area contributed by atoms with Crippen molar-refractivity contribution in [3.63, 3.8) is 0 Å². The smallest absolute Gasteiger partial charge is 0.239 e. The average molecular weight is 214 g/mol. The van der Waals surface area contributed by atoms with Crippen molar-refractivity contribution in [1.82, 2.24) is 5.32 Å². The first-order valence-electron chi connectivity index (χ1n) is 5.30. The number of rotatable bonds is 8. The SMILES string of the molecule is C=CCCOCCNC(=O)C(C)(N)CC. The Morgan fingerprint density at radius 3 is 2.80 bits per heavy atom. The normalized spacial score (nSPS) is 14.3. The Labute approximate surface area is 91.9 Å². The fraction of sp³-hybridized carbons (Fsp3) is 0.727. The Bertz CT molecular complexity index is 203. The van der Waals surface area contributed by atoms with Crippen LogP contribution in [-0.4, -0.2) is 31.2 Å². The van der Waals surface area contributed by atoms with Crippen LogP contribution in [0.2, 0.25) is 0 Å². The van der Waals surface area contributed by atoms with Crippen LogP contribution in [0.3, 0.4) is 0 Å². The molecule has 0 aromatic carbocycles. The van der Waals surface area contributed by atoms with Gasteiger partial charge in [0.2, 0.25) is 5.91 Å². The summed E-state index contributed by atoms with van der Waals surface area (Å²) in [6.45, 7) is 8.86. The van der Waals surface area contributed by atoms with Crippen molar-refractivity contribution in [2.75, 3.05) is 19.8 Å². The maximum Gasteiger partial charge on any atom is 0.239 e. The number of hydrogen-bond donors (Lipinski definition) is 2. The Hall–Kier alpha value is -0.870. The number of ether oxygens (including phenoxy) is 1. The van der Waals surface area contributed by atoms with Gasteiger partial charge in [-0.2, -0.15) is 0 Å². The van der Waals surface area contributed by atoms with Gasteiger partial charge in [0, 0.05) is 6.54 Å². The van der Waals surface area contributed by atoms with Gasteiger partial charge in [0.15, 0.2) is 0 Å². The number of carbonyl (C=O) groups excluding carboxylic acids is 1. The van der Waals surface area contributed by atoms with Gasteiger partial charge >= 0.3 is 0 Å². The topological polar surface area (TPSA) is 64.3 Å². The summed E-state index contributed by atoms with van der Waals surface area (Å²) in [5.41, 5.74) is 4.98. The van der Waals surface area contributed by atoms with E-state index in [1.54, 1.807) is 13.0 Å². The summed E-state index contributed by atoms with van der Waals surface area (Å²) in [5, 5.41) is 2.74. The van der Waals surface area contributed by atoms with E-state index in [0.29, 0.717) is 26.2 Å². The van der Waals surface area contributed by atoms with Crippen LogP contribution in [0, 0.1) is 0 Å². The maximum atomic E-state index is 11.5. The minimum Gasteiger partial charge on any atom is -0.379 e. The predicted octanol–water partition coefficient (Wildman–Crippen LogP) is 0.823. The first kappa shape index (κ1) is 14.1. The predicted molar refractivity (Wildman–Crippen MR) is 61.5 cm³/mol. The quantitative estimate of drug-likeness (QED) is 0.464. The van der Waals surface area contributed by atoms with Crippen LogP contribution in [0.4, 0.5) is 0 Å². The van der Waals surface area contributed by atoms with E-state index >= 15 is 0 Å². The largest absolute Gasteiger partial charge is 0.379 e. The molecule has 0 bridgehead atoms. The zero-order valence-corrected chi connectivity index (χ0v) is 9.71. The summed E-state index contributed by atoms with van der Waals surface area (Å²) in [5.74, 6) is -0.127. The summed E-state index contributed by atoms with van der Waals surface area (Å²) < 4.78 is 5.24. The van der Waals surface area contributed by atoms with Crippen LogP contribution >= 0.6 is 0 Å². The van der Waals surface area contributed by atoms with Gasteiger partial charge in [0.25, 0.3) is 0 Å². The molecule has 0 aliphatic rings. The second kappa shape index (κ2) is 7.43. The molecule has 1 atom stereocenters. The molecule has 0 fully saturated rings. The van der Waals surface area contributed by atoms with Crippen molar-refractivity contribution in [2.24, 2.45) is 5.73 Å². The zero-order chi connectivity index (χ0) is 11.7. The van der Waals surface area contributed by atoms with Crippen LogP contribution in [0.15, 0.2) is 12.7 Å². The summed E-state index contributed by atoms with van der Waals surface area (Å²) in [7, 11) is 0. The van der Waals surface area contributed by atoms with E-state index < -0.39 is 5.54 Å². The van der Waals surface area contributed by atoms with Gasteiger partial charge in [-0.05, 0) is 19.8 Å². The molecule has 0 radical (unpaired) electrons. The van der Waals surface area contributed by atoms with Crippen LogP contribution in [0.5, 0.6) is 0 Å². The first-order valence-corrected chi connectivity index (χ1v) is 5.30. The van der Waals surface area contributed by atoms with Crippen LogP contribution in [0.1, 0.15) is 26.7 Å². The lowest BCUT2D eigenvalue weighted by Crippen LogP contribution is -2.51. The Kier molecular flexibility index (Phi) is 6.99. The fourth-order valence-corrected chi connectivity index (χ4v) is 0.868. The van der Waals surface area contributed by atoms with Gasteiger partial charge in [-0.15, -0.1) is 6.58 Å². The lowest BCUT2D eigenvalue weighted by molar-refractivity contribution is -0.126. The molecule has 0 aromatic rings. The third-order valence-electron chi connectivity index (χ3n) is 2.25. The number of hydrogen-bond acceptors (Lipinski definition) is 3. The van der Waals surface area contributed by atoms with Gasteiger partial charge < -0.3 is 15.8 Å². The molecule has 1 unspecified atom stereocenters. The van der Waals surface area contributed by atoms with Gasteiger partial charge in [0.05, 0.1) is 18.8 Å². The maximum absolute atomic E-state index is 11.5. The standard InChI is InChI=1S/C11H22N2O2/c1-4-6-8-15-9-7-13-10(14)11(3,12)5-2/h4H,1,5-9,12H2,2-3H3,(H,13,14). The van der Waals surface area contributed by atoms with E-state index in [1.807, 2.05) is 6.92 Å². The lowest BCUT2D eigenvalue weighted by Gasteiger charge is -2.21. The molecule has 0 saturated heterocycles. The number of nitrogens with one attached hydrogen (secondary N) is 1. The molecule has 3 N–H and O–H groups in total. The minimum atomic E-state index is -0.777. The Morgan fingerprint density at radius 2 is 2.27 bits per heavy atom. The molecule has 0 saturated carbocycles. The van der Waals surface area contributed by atoms with Crippen LogP contribution in [-0.2, 0) is 9.53 Å². The molecular formula is C11H22N2O2. The molecule has 88 valence electrons. The van der Waals surface area contributed by atoms with E-state index in [-0.39, 0.29) is 5.91 Å². The van der Waals surface area contributed by atoms with Crippen molar-refractivity contribution in [1.29, 1.82) is 0 Å². The highest BCUT2D eigenvalue weighted by Gasteiger charge is 2.24. The average Bonchev–Trinajstić information content (AvgIpc) is 2.22. The van der Waals surface area contributed by atoms with E-state index in [0.717, 1.165) is 6.42 Å². The van der Waals surface area contributed by atoms with E-state index in [9.17, 15) is 4.79 Å². The molecule has 0 aliphatic heterocycles. The molecule has 4 heteroatoms. The summed E-state index contributed by atoms with van der Waals surface area (Å²) in [4.78, 5) is 11.5. The number of carbonyl (C=O) groups is 1. The molecular weight excluding hydrogens is 192 g/mol. The second-order valence-corrected chi connectivity index (χ2v) is 3.72. The molecule has 15 heavy (non-hydrogen) atoms. The van der Waals surface area contributed by atoms with Crippen molar-refractivity contribution >= 4 is 5.91 Å². The lowest BCUT2D eigenvalue weighted by atomic mass is 10.00. The van der Waals surface area contributed by atoms with Crippen molar-refractivity contribution in [2.45, 2.75) is 32.2 Å². The monoisotopic (exact) mass is 214 g/mol. The van der Waals surface area contributed by atoms with E-state index in [4.69, 9.17) is 10.5 Å². The number of amides is 1. The van der Waals surface area contributed by atoms with Gasteiger partial charge in [-0.25, -0.2) is 0 Å². The molecule has 0 spiro atoms. The first-order chi connectivity index (χ1) is 7.04. The Balaban J connectivity index is 3.51. The second-order valence-electron chi connectivity index (χ2n) is 3.72. The third-order valence-corrected chi connectivity index (χ3v) is 2.25. The minimum absolute atomic E-state index is 0.127. The highest BCUT2D eigenvalue weighted by molar-refractivity contribution is 5.85.